The Kier molecular flexibility index (Phi) is 5.86. The number of hydrogen-bond acceptors (Lipinski definition) is 5. The van der Waals surface area contributed by atoms with Gasteiger partial charge in [0.2, 0.25) is 0 Å². The number of imide groups is 1. The van der Waals surface area contributed by atoms with Crippen LogP contribution in [0.3, 0.4) is 0 Å². The number of ether oxygens (including phenoxy) is 1. The fraction of sp³-hybridized carbons (Fsp3) is 0.333. The number of benzene rings is 1. The maximum Gasteiger partial charge on any atom is 0.327 e. The second kappa shape index (κ2) is 7.71. The van der Waals surface area contributed by atoms with Crippen LogP contribution in [0.4, 0.5) is 10.5 Å². The first-order valence-corrected chi connectivity index (χ1v) is 7.95. The van der Waals surface area contributed by atoms with Gasteiger partial charge in [-0.3, -0.25) is 19.3 Å². The maximum atomic E-state index is 12.1. The molecule has 1 aliphatic heterocycles. The quantitative estimate of drug-likeness (QED) is 0.613. The molecule has 0 saturated carbocycles. The van der Waals surface area contributed by atoms with Crippen molar-refractivity contribution in [2.75, 3.05) is 25.5 Å². The second-order valence-electron chi connectivity index (χ2n) is 5.36. The lowest BCUT2D eigenvalue weighted by Crippen LogP contribution is -2.39. The van der Waals surface area contributed by atoms with Crippen LogP contribution in [-0.4, -0.2) is 59.9 Å². The summed E-state index contributed by atoms with van der Waals surface area (Å²) in [5.41, 5.74) is 0.311. The molecule has 10 heteroatoms. The van der Waals surface area contributed by atoms with Gasteiger partial charge in [0.05, 0.1) is 10.7 Å². The zero-order valence-corrected chi connectivity index (χ0v) is 14.9. The van der Waals surface area contributed by atoms with Crippen molar-refractivity contribution in [3.8, 4) is 0 Å². The van der Waals surface area contributed by atoms with Crippen LogP contribution in [0.15, 0.2) is 18.2 Å². The van der Waals surface area contributed by atoms with E-state index >= 15 is 0 Å². The molecule has 25 heavy (non-hydrogen) atoms. The van der Waals surface area contributed by atoms with Crippen LogP contribution >= 0.6 is 23.2 Å². The number of rotatable bonds is 5. The predicted molar refractivity (Wildman–Crippen MR) is 90.4 cm³/mol. The van der Waals surface area contributed by atoms with E-state index in [0.29, 0.717) is 10.7 Å². The predicted octanol–water partition coefficient (Wildman–Crippen LogP) is 1.76. The Morgan fingerprint density at radius 1 is 1.32 bits per heavy atom. The van der Waals surface area contributed by atoms with Gasteiger partial charge in [-0.2, -0.15) is 0 Å². The largest absolute Gasteiger partial charge is 0.451 e. The number of carbonyl (C=O) groups excluding carboxylic acids is 4. The van der Waals surface area contributed by atoms with E-state index in [9.17, 15) is 19.2 Å². The highest BCUT2D eigenvalue weighted by Crippen LogP contribution is 2.25. The third-order valence-corrected chi connectivity index (χ3v) is 3.93. The zero-order valence-electron chi connectivity index (χ0n) is 13.4. The van der Waals surface area contributed by atoms with Crippen LogP contribution in [0.25, 0.3) is 0 Å². The Morgan fingerprint density at radius 2 is 2.00 bits per heavy atom. The van der Waals surface area contributed by atoms with Crippen molar-refractivity contribution in [1.29, 1.82) is 0 Å². The molecule has 1 atom stereocenters. The molecule has 1 saturated heterocycles. The summed E-state index contributed by atoms with van der Waals surface area (Å²) in [7, 11) is 1.44. The molecular formula is C15H15Cl2N3O5. The minimum Gasteiger partial charge on any atom is -0.451 e. The Balaban J connectivity index is 1.91. The fourth-order valence-electron chi connectivity index (χ4n) is 2.07. The van der Waals surface area contributed by atoms with Gasteiger partial charge in [-0.15, -0.1) is 0 Å². The van der Waals surface area contributed by atoms with Gasteiger partial charge < -0.3 is 15.0 Å². The molecule has 0 radical (unpaired) electrons. The molecular weight excluding hydrogens is 373 g/mol. The number of carbonyl (C=O) groups is 4. The van der Waals surface area contributed by atoms with Gasteiger partial charge in [-0.1, -0.05) is 23.2 Å². The van der Waals surface area contributed by atoms with E-state index in [4.69, 9.17) is 27.9 Å². The fourth-order valence-corrected chi connectivity index (χ4v) is 2.52. The first kappa shape index (κ1) is 19.0. The van der Waals surface area contributed by atoms with Crippen molar-refractivity contribution in [3.05, 3.63) is 28.2 Å². The molecule has 1 aliphatic rings. The van der Waals surface area contributed by atoms with Crippen molar-refractivity contribution < 1.29 is 23.9 Å². The van der Waals surface area contributed by atoms with Crippen LogP contribution in [0.2, 0.25) is 10.0 Å². The third kappa shape index (κ3) is 4.61. The monoisotopic (exact) mass is 387 g/mol. The molecule has 1 aromatic rings. The molecule has 0 aromatic heterocycles. The van der Waals surface area contributed by atoms with Crippen molar-refractivity contribution in [3.63, 3.8) is 0 Å². The normalized spacial score (nSPS) is 15.4. The minimum atomic E-state index is -1.15. The van der Waals surface area contributed by atoms with E-state index in [2.05, 4.69) is 5.32 Å². The number of nitrogens with one attached hydrogen (secondary N) is 1. The summed E-state index contributed by atoms with van der Waals surface area (Å²) < 4.78 is 4.96. The lowest BCUT2D eigenvalue weighted by molar-refractivity contribution is -0.154. The Hall–Kier alpha value is -2.32. The van der Waals surface area contributed by atoms with E-state index in [1.165, 1.54) is 31.0 Å². The summed E-state index contributed by atoms with van der Waals surface area (Å²) in [5.74, 6) is -2.00. The first-order chi connectivity index (χ1) is 11.7. The number of anilines is 1. The van der Waals surface area contributed by atoms with Crippen LogP contribution in [0.5, 0.6) is 0 Å². The minimum absolute atomic E-state index is 0.1000. The van der Waals surface area contributed by atoms with Gasteiger partial charge in [-0.25, -0.2) is 4.79 Å². The van der Waals surface area contributed by atoms with Gasteiger partial charge in [0.25, 0.3) is 11.8 Å². The Bertz CT molecular complexity index is 740. The molecule has 1 heterocycles. The molecule has 0 spiro atoms. The first-order valence-electron chi connectivity index (χ1n) is 7.20. The van der Waals surface area contributed by atoms with E-state index in [0.717, 1.165) is 4.90 Å². The molecule has 8 nitrogen and oxygen atoms in total. The smallest absolute Gasteiger partial charge is 0.327 e. The topological polar surface area (TPSA) is 96.0 Å². The lowest BCUT2D eigenvalue weighted by atomic mass is 10.3. The summed E-state index contributed by atoms with van der Waals surface area (Å²) in [6, 6.07) is 3.92. The Labute approximate surface area is 153 Å². The average molecular weight is 388 g/mol. The van der Waals surface area contributed by atoms with Gasteiger partial charge in [0.15, 0.2) is 6.10 Å². The molecule has 4 amide bonds. The summed E-state index contributed by atoms with van der Waals surface area (Å²) in [5, 5.41) is 3.14. The van der Waals surface area contributed by atoms with Crippen LogP contribution in [-0.2, 0) is 19.1 Å². The SMILES string of the molecule is C[C@@H](OC(=O)CN1C(=O)CN(C)C1=O)C(=O)Nc1ccc(Cl)cc1Cl. The molecule has 134 valence electrons. The van der Waals surface area contributed by atoms with E-state index in [-0.39, 0.29) is 11.6 Å². The van der Waals surface area contributed by atoms with Crippen molar-refractivity contribution in [1.82, 2.24) is 9.80 Å². The highest BCUT2D eigenvalue weighted by atomic mass is 35.5. The van der Waals surface area contributed by atoms with E-state index in [1.54, 1.807) is 6.07 Å². The average Bonchev–Trinajstić information content (AvgIpc) is 2.76. The second-order valence-corrected chi connectivity index (χ2v) is 6.21. The van der Waals surface area contributed by atoms with Crippen molar-refractivity contribution in [2.24, 2.45) is 0 Å². The number of hydrogen-bond donors (Lipinski definition) is 1. The molecule has 1 N–H and O–H groups in total. The third-order valence-electron chi connectivity index (χ3n) is 3.38. The standard InChI is InChI=1S/C15H15Cl2N3O5/c1-8(14(23)18-11-4-3-9(16)5-10(11)17)25-13(22)7-20-12(21)6-19(2)15(20)24/h3-5,8H,6-7H2,1-2H3,(H,18,23)/t8-/m1/s1. The highest BCUT2D eigenvalue weighted by Gasteiger charge is 2.35. The van der Waals surface area contributed by atoms with E-state index in [1.807, 2.05) is 0 Å². The number of urea groups is 1. The lowest BCUT2D eigenvalue weighted by Gasteiger charge is -2.17. The van der Waals surface area contributed by atoms with Crippen molar-refractivity contribution in [2.45, 2.75) is 13.0 Å². The molecule has 0 unspecified atom stereocenters. The van der Waals surface area contributed by atoms with Gasteiger partial charge >= 0.3 is 12.0 Å². The molecule has 2 rings (SSSR count). The maximum absolute atomic E-state index is 12.1. The van der Waals surface area contributed by atoms with Gasteiger partial charge in [0, 0.05) is 12.1 Å². The van der Waals surface area contributed by atoms with Crippen LogP contribution in [0, 0.1) is 0 Å². The van der Waals surface area contributed by atoms with Crippen LogP contribution < -0.4 is 5.32 Å². The van der Waals surface area contributed by atoms with E-state index < -0.39 is 36.5 Å². The zero-order chi connectivity index (χ0) is 18.7. The number of nitrogens with zero attached hydrogens (tertiary/aromatic N) is 2. The van der Waals surface area contributed by atoms with Gasteiger partial charge in [0.1, 0.15) is 13.1 Å². The number of amides is 4. The highest BCUT2D eigenvalue weighted by molar-refractivity contribution is 6.36. The molecule has 1 fully saturated rings. The number of likely N-dealkylation sites (N-methyl/N-ethyl adjacent to an activating group) is 1. The summed E-state index contributed by atoms with van der Waals surface area (Å²) >= 11 is 11.7. The Morgan fingerprint density at radius 3 is 2.56 bits per heavy atom. The number of esters is 1. The van der Waals surface area contributed by atoms with Crippen LogP contribution in [0.1, 0.15) is 6.92 Å². The molecule has 0 aliphatic carbocycles. The summed E-state index contributed by atoms with van der Waals surface area (Å²) in [4.78, 5) is 49.2. The summed E-state index contributed by atoms with van der Waals surface area (Å²) in [6.45, 7) is 0.704. The summed E-state index contributed by atoms with van der Waals surface area (Å²) in [6.07, 6.45) is -1.15. The number of halogens is 2. The van der Waals surface area contributed by atoms with Gasteiger partial charge in [-0.05, 0) is 25.1 Å². The molecule has 1 aromatic carbocycles. The molecule has 0 bridgehead atoms. The van der Waals surface area contributed by atoms with Crippen molar-refractivity contribution >= 4 is 52.7 Å².